The molecule has 3 N–H and O–H groups in total. The minimum atomic E-state index is -0.499. The van der Waals surface area contributed by atoms with Crippen LogP contribution >= 0.6 is 11.6 Å². The summed E-state index contributed by atoms with van der Waals surface area (Å²) in [7, 11) is 4.13. The van der Waals surface area contributed by atoms with Crippen LogP contribution in [0.25, 0.3) is 32.8 Å². The highest BCUT2D eigenvalue weighted by Crippen LogP contribution is 2.63. The lowest BCUT2D eigenvalue weighted by molar-refractivity contribution is -0.163. The van der Waals surface area contributed by atoms with E-state index in [0.29, 0.717) is 52.3 Å². The van der Waals surface area contributed by atoms with E-state index in [-0.39, 0.29) is 21.9 Å². The van der Waals surface area contributed by atoms with E-state index in [0.717, 1.165) is 30.3 Å². The van der Waals surface area contributed by atoms with Crippen molar-refractivity contribution in [2.45, 2.75) is 43.4 Å². The lowest BCUT2D eigenvalue weighted by Crippen LogP contribution is -2.87. The Bertz CT molecular complexity index is 1670. The van der Waals surface area contributed by atoms with Gasteiger partial charge in [-0.1, -0.05) is 35.9 Å². The molecule has 4 atom stereocenters. The number of benzene rings is 3. The molecule has 2 aliphatic carbocycles. The number of aromatic hydroxyl groups is 1. The van der Waals surface area contributed by atoms with Crippen LogP contribution in [0.5, 0.6) is 5.75 Å². The summed E-state index contributed by atoms with van der Waals surface area (Å²) in [5.74, 6) is 0.734. The molecule has 0 bridgehead atoms. The van der Waals surface area contributed by atoms with Crippen LogP contribution in [0, 0.1) is 11.2 Å². The molecule has 2 aliphatic heterocycles. The van der Waals surface area contributed by atoms with Crippen LogP contribution in [0.15, 0.2) is 42.5 Å². The fourth-order valence-electron chi connectivity index (χ4n) is 7.31. The SMILES string of the molecule is CN(C)C1CN(c2nc(NC3CC4NC5CC[C@]354)c3cc(Cl)c(-c4cc(O)cc5ccccc45)c(F)c3n2)C1. The summed E-state index contributed by atoms with van der Waals surface area (Å²) in [6.45, 7) is 1.58. The Balaban J connectivity index is 1.28. The largest absolute Gasteiger partial charge is 0.508 e. The van der Waals surface area contributed by atoms with E-state index in [1.54, 1.807) is 18.2 Å². The van der Waals surface area contributed by atoms with Gasteiger partial charge in [-0.3, -0.25) is 0 Å². The number of likely N-dealkylation sites (N-methyl/N-ethyl adjacent to an activating group) is 1. The second-order valence-electron chi connectivity index (χ2n) is 11.9. The molecule has 2 saturated carbocycles. The van der Waals surface area contributed by atoms with Gasteiger partial charge in [0.15, 0.2) is 5.82 Å². The third-order valence-electron chi connectivity index (χ3n) is 9.86. The van der Waals surface area contributed by atoms with Gasteiger partial charge >= 0.3 is 0 Å². The number of rotatable bonds is 5. The highest BCUT2D eigenvalue weighted by Gasteiger charge is 2.71. The van der Waals surface area contributed by atoms with Crippen molar-refractivity contribution in [3.05, 3.63) is 53.3 Å². The summed E-state index contributed by atoms with van der Waals surface area (Å²) in [4.78, 5) is 14.0. The van der Waals surface area contributed by atoms with E-state index in [9.17, 15) is 5.11 Å². The quantitative estimate of drug-likeness (QED) is 0.326. The van der Waals surface area contributed by atoms with Gasteiger partial charge < -0.3 is 25.5 Å². The molecule has 2 saturated heterocycles. The summed E-state index contributed by atoms with van der Waals surface area (Å²) in [5, 5.41) is 20.3. The molecule has 1 spiro atoms. The summed E-state index contributed by atoms with van der Waals surface area (Å²) in [6, 6.07) is 14.5. The molecule has 3 unspecified atom stereocenters. The van der Waals surface area contributed by atoms with E-state index in [1.807, 2.05) is 24.3 Å². The maximum atomic E-state index is 16.6. The van der Waals surface area contributed by atoms with Gasteiger partial charge in [-0.2, -0.15) is 4.98 Å². The first-order valence-corrected chi connectivity index (χ1v) is 14.1. The van der Waals surface area contributed by atoms with E-state index in [1.165, 1.54) is 12.8 Å². The standard InChI is InChI=1S/C30H30ClFN6O/c1-37(2)16-13-38(14-16)29-35-27-20(28(36-29)34-24-12-23-30(24)8-7-22(30)33-23)11-21(31)25(26(27)32)19-10-17(39)9-15-5-3-4-6-18(15)19/h3-6,9-11,16,22-24,33,39H,7-8,12-14H2,1-2H3,(H,34,35,36)/t22?,23?,24?,30-/m0/s1. The van der Waals surface area contributed by atoms with Crippen molar-refractivity contribution in [2.75, 3.05) is 37.4 Å². The summed E-state index contributed by atoms with van der Waals surface area (Å²) in [5.41, 5.74) is 1.33. The number of hydrogen-bond acceptors (Lipinski definition) is 7. The Labute approximate surface area is 231 Å². The summed E-state index contributed by atoms with van der Waals surface area (Å²) < 4.78 is 16.6. The summed E-state index contributed by atoms with van der Waals surface area (Å²) >= 11 is 6.84. The Morgan fingerprint density at radius 2 is 1.95 bits per heavy atom. The first-order chi connectivity index (χ1) is 18.8. The number of nitrogens with zero attached hydrogens (tertiary/aromatic N) is 4. The van der Waals surface area contributed by atoms with Crippen molar-refractivity contribution in [2.24, 2.45) is 5.41 Å². The van der Waals surface area contributed by atoms with Crippen molar-refractivity contribution in [1.82, 2.24) is 20.2 Å². The van der Waals surface area contributed by atoms with E-state index >= 15 is 4.39 Å². The maximum absolute atomic E-state index is 16.6. The second kappa shape index (κ2) is 8.16. The minimum Gasteiger partial charge on any atom is -0.508 e. The average molecular weight is 545 g/mol. The smallest absolute Gasteiger partial charge is 0.228 e. The molecule has 7 nitrogen and oxygen atoms in total. The van der Waals surface area contributed by atoms with E-state index < -0.39 is 5.82 Å². The number of aromatic nitrogens is 2. The zero-order valence-corrected chi connectivity index (χ0v) is 22.6. The number of halogens is 2. The second-order valence-corrected chi connectivity index (χ2v) is 12.3. The highest BCUT2D eigenvalue weighted by atomic mass is 35.5. The van der Waals surface area contributed by atoms with Crippen molar-refractivity contribution in [3.8, 4) is 16.9 Å². The van der Waals surface area contributed by atoms with Gasteiger partial charge in [0.05, 0.1) is 5.02 Å². The average Bonchev–Trinajstić information content (AvgIpc) is 2.84. The fraction of sp³-hybridized carbons (Fsp3) is 0.400. The van der Waals surface area contributed by atoms with E-state index in [2.05, 4.69) is 34.5 Å². The molecule has 200 valence electrons. The van der Waals surface area contributed by atoms with Gasteiger partial charge in [-0.05, 0) is 67.9 Å². The molecule has 0 amide bonds. The molecular formula is C30H30ClFN6O. The zero-order valence-electron chi connectivity index (χ0n) is 21.9. The Morgan fingerprint density at radius 3 is 2.67 bits per heavy atom. The predicted octanol–water partition coefficient (Wildman–Crippen LogP) is 5.00. The topological polar surface area (TPSA) is 76.5 Å². The predicted molar refractivity (Wildman–Crippen MR) is 153 cm³/mol. The fourth-order valence-corrected chi connectivity index (χ4v) is 7.60. The molecule has 9 heteroatoms. The van der Waals surface area contributed by atoms with Crippen LogP contribution in [-0.2, 0) is 0 Å². The molecule has 4 aromatic rings. The van der Waals surface area contributed by atoms with Gasteiger partial charge in [0, 0.05) is 53.6 Å². The molecule has 8 rings (SSSR count). The first-order valence-electron chi connectivity index (χ1n) is 13.7. The minimum absolute atomic E-state index is 0.0586. The molecule has 4 fully saturated rings. The Kier molecular flexibility index (Phi) is 4.95. The van der Waals surface area contributed by atoms with Crippen LogP contribution in [0.2, 0.25) is 5.02 Å². The monoisotopic (exact) mass is 544 g/mol. The van der Waals surface area contributed by atoms with Gasteiger partial charge in [0.25, 0.3) is 0 Å². The first kappa shape index (κ1) is 23.7. The van der Waals surface area contributed by atoms with Crippen LogP contribution in [0.4, 0.5) is 16.2 Å². The third kappa shape index (κ3) is 3.22. The number of nitrogens with one attached hydrogen (secondary N) is 2. The molecule has 0 radical (unpaired) electrons. The van der Waals surface area contributed by atoms with Crippen molar-refractivity contribution >= 4 is 45.0 Å². The van der Waals surface area contributed by atoms with Crippen LogP contribution in [0.3, 0.4) is 0 Å². The number of fused-ring (bicyclic) bond motifs is 2. The van der Waals surface area contributed by atoms with Crippen molar-refractivity contribution < 1.29 is 9.50 Å². The maximum Gasteiger partial charge on any atom is 0.228 e. The number of phenols is 1. The van der Waals surface area contributed by atoms with Gasteiger partial charge in [0.1, 0.15) is 17.1 Å². The lowest BCUT2D eigenvalue weighted by Gasteiger charge is -2.75. The van der Waals surface area contributed by atoms with Crippen LogP contribution in [0.1, 0.15) is 19.3 Å². The Morgan fingerprint density at radius 1 is 1.13 bits per heavy atom. The van der Waals surface area contributed by atoms with Crippen molar-refractivity contribution in [1.29, 1.82) is 0 Å². The molecule has 3 heterocycles. The number of phenolic OH excluding ortho intramolecular Hbond substituents is 1. The zero-order chi connectivity index (χ0) is 26.6. The highest BCUT2D eigenvalue weighted by molar-refractivity contribution is 6.35. The molecule has 1 aromatic heterocycles. The molecule has 4 aliphatic rings. The third-order valence-corrected chi connectivity index (χ3v) is 10.2. The van der Waals surface area contributed by atoms with Gasteiger partial charge in [0.2, 0.25) is 5.95 Å². The van der Waals surface area contributed by atoms with Crippen LogP contribution < -0.4 is 15.5 Å². The molecular weight excluding hydrogens is 515 g/mol. The summed E-state index contributed by atoms with van der Waals surface area (Å²) in [6.07, 6.45) is 3.46. The number of hydrogen-bond donors (Lipinski definition) is 3. The Hall–Kier alpha value is -3.20. The molecule has 3 aromatic carbocycles. The van der Waals surface area contributed by atoms with Gasteiger partial charge in [-0.25, -0.2) is 9.37 Å². The van der Waals surface area contributed by atoms with E-state index in [4.69, 9.17) is 21.6 Å². The number of piperidine rings is 2. The number of anilines is 2. The molecule has 39 heavy (non-hydrogen) atoms. The van der Waals surface area contributed by atoms with Crippen molar-refractivity contribution in [3.63, 3.8) is 0 Å². The van der Waals surface area contributed by atoms with Gasteiger partial charge in [-0.15, -0.1) is 0 Å². The van der Waals surface area contributed by atoms with Crippen LogP contribution in [-0.4, -0.2) is 71.3 Å². The lowest BCUT2D eigenvalue weighted by atomic mass is 9.41. The normalized spacial score (nSPS) is 27.4.